The average molecular weight is 380 g/mol. The quantitative estimate of drug-likeness (QED) is 0.577. The van der Waals surface area contributed by atoms with E-state index in [2.05, 4.69) is 39.0 Å². The summed E-state index contributed by atoms with van der Waals surface area (Å²) in [6.07, 6.45) is 3.87. The van der Waals surface area contributed by atoms with Gasteiger partial charge in [-0.15, -0.1) is 0 Å². The molecule has 4 heterocycles. The first-order valence-corrected chi connectivity index (χ1v) is 9.88. The Labute approximate surface area is 160 Å². The van der Waals surface area contributed by atoms with E-state index in [9.17, 15) is 0 Å². The number of hydrogen-bond donors (Lipinski definition) is 1. The van der Waals surface area contributed by atoms with Crippen LogP contribution >= 0.6 is 11.3 Å². The van der Waals surface area contributed by atoms with Crippen LogP contribution in [0.2, 0.25) is 0 Å². The highest BCUT2D eigenvalue weighted by molar-refractivity contribution is 7.20. The molecule has 7 heteroatoms. The van der Waals surface area contributed by atoms with Crippen molar-refractivity contribution in [3.8, 4) is 10.9 Å². The van der Waals surface area contributed by atoms with Crippen molar-refractivity contribution in [2.45, 2.75) is 13.5 Å². The van der Waals surface area contributed by atoms with Gasteiger partial charge in [0.15, 0.2) is 5.65 Å². The van der Waals surface area contributed by atoms with E-state index in [0.717, 1.165) is 54.5 Å². The number of nitrogens with zero attached hydrogens (tertiary/aromatic N) is 3. The molecule has 0 spiro atoms. The molecule has 138 valence electrons. The molecule has 0 atom stereocenters. The summed E-state index contributed by atoms with van der Waals surface area (Å²) in [7, 11) is 0. The fourth-order valence-electron chi connectivity index (χ4n) is 3.44. The molecule has 5 rings (SSSR count). The van der Waals surface area contributed by atoms with Crippen molar-refractivity contribution in [3.63, 3.8) is 0 Å². The number of thiazole rings is 1. The molecule has 6 nitrogen and oxygen atoms in total. The summed E-state index contributed by atoms with van der Waals surface area (Å²) in [5, 5.41) is 1.85. The second-order valence-electron chi connectivity index (χ2n) is 6.77. The standard InChI is InChI=1S/C20H20N4O2S/c1-13-4-5-21-19-18(13)27-20(23-19)26-15-2-3-16-14(11-22-17(16)10-15)12-24-6-8-25-9-7-24/h2-5,10-11,22H,6-9,12H2,1H3. The zero-order valence-electron chi connectivity index (χ0n) is 15.1. The summed E-state index contributed by atoms with van der Waals surface area (Å²) < 4.78 is 12.5. The average Bonchev–Trinajstić information content (AvgIpc) is 3.27. The predicted molar refractivity (Wildman–Crippen MR) is 107 cm³/mol. The summed E-state index contributed by atoms with van der Waals surface area (Å²) in [6, 6.07) is 8.15. The van der Waals surface area contributed by atoms with Gasteiger partial charge >= 0.3 is 0 Å². The normalized spacial score (nSPS) is 15.6. The lowest BCUT2D eigenvalue weighted by Gasteiger charge is -2.26. The molecular weight excluding hydrogens is 360 g/mol. The van der Waals surface area contributed by atoms with Crippen LogP contribution in [0.5, 0.6) is 10.9 Å². The number of nitrogens with one attached hydrogen (secondary N) is 1. The number of rotatable bonds is 4. The minimum absolute atomic E-state index is 0.617. The van der Waals surface area contributed by atoms with Crippen molar-refractivity contribution >= 4 is 32.6 Å². The van der Waals surface area contributed by atoms with Crippen LogP contribution in [0.15, 0.2) is 36.7 Å². The van der Waals surface area contributed by atoms with Gasteiger partial charge in [0, 0.05) is 49.0 Å². The zero-order valence-corrected chi connectivity index (χ0v) is 15.9. The van der Waals surface area contributed by atoms with Crippen molar-refractivity contribution < 1.29 is 9.47 Å². The van der Waals surface area contributed by atoms with Crippen LogP contribution in [0.4, 0.5) is 0 Å². The summed E-state index contributed by atoms with van der Waals surface area (Å²) in [4.78, 5) is 14.6. The summed E-state index contributed by atoms with van der Waals surface area (Å²) in [6.45, 7) is 6.60. The Morgan fingerprint density at radius 3 is 3.00 bits per heavy atom. The van der Waals surface area contributed by atoms with E-state index in [1.54, 1.807) is 6.20 Å². The van der Waals surface area contributed by atoms with Gasteiger partial charge in [0.25, 0.3) is 5.19 Å². The fraction of sp³-hybridized carbons (Fsp3) is 0.300. The Hall–Kier alpha value is -2.48. The van der Waals surface area contributed by atoms with Crippen LogP contribution in [-0.4, -0.2) is 46.2 Å². The molecule has 4 aromatic rings. The Morgan fingerprint density at radius 1 is 1.26 bits per heavy atom. The first-order valence-electron chi connectivity index (χ1n) is 9.06. The first-order chi connectivity index (χ1) is 13.3. The number of aromatic amines is 1. The molecular formula is C20H20N4O2S. The largest absolute Gasteiger partial charge is 0.431 e. The molecule has 1 saturated heterocycles. The second-order valence-corrected chi connectivity index (χ2v) is 7.73. The third-order valence-electron chi connectivity index (χ3n) is 4.91. The van der Waals surface area contributed by atoms with Crippen LogP contribution in [0.1, 0.15) is 11.1 Å². The minimum Gasteiger partial charge on any atom is -0.431 e. The molecule has 0 amide bonds. The number of fused-ring (bicyclic) bond motifs is 2. The molecule has 1 aromatic carbocycles. The van der Waals surface area contributed by atoms with Crippen LogP contribution < -0.4 is 4.74 Å². The highest BCUT2D eigenvalue weighted by Gasteiger charge is 2.14. The number of aromatic nitrogens is 3. The number of hydrogen-bond acceptors (Lipinski definition) is 6. The molecule has 27 heavy (non-hydrogen) atoms. The molecule has 1 N–H and O–H groups in total. The molecule has 1 aliphatic heterocycles. The number of benzene rings is 1. The molecule has 1 fully saturated rings. The zero-order chi connectivity index (χ0) is 18.2. The smallest absolute Gasteiger partial charge is 0.281 e. The third kappa shape index (κ3) is 3.29. The van der Waals surface area contributed by atoms with Gasteiger partial charge in [-0.1, -0.05) is 11.3 Å². The van der Waals surface area contributed by atoms with E-state index < -0.39 is 0 Å². The Morgan fingerprint density at radius 2 is 2.15 bits per heavy atom. The number of ether oxygens (including phenoxy) is 2. The van der Waals surface area contributed by atoms with Gasteiger partial charge < -0.3 is 14.5 Å². The van der Waals surface area contributed by atoms with Gasteiger partial charge in [-0.2, -0.15) is 4.98 Å². The predicted octanol–water partition coefficient (Wildman–Crippen LogP) is 4.11. The van der Waals surface area contributed by atoms with E-state index in [4.69, 9.17) is 9.47 Å². The summed E-state index contributed by atoms with van der Waals surface area (Å²) in [5.41, 5.74) is 4.29. The van der Waals surface area contributed by atoms with Crippen molar-refractivity contribution in [1.29, 1.82) is 0 Å². The lowest BCUT2D eigenvalue weighted by Crippen LogP contribution is -2.35. The second kappa shape index (κ2) is 6.92. The van der Waals surface area contributed by atoms with Crippen LogP contribution in [0.25, 0.3) is 21.3 Å². The topological polar surface area (TPSA) is 63.3 Å². The van der Waals surface area contributed by atoms with Crippen LogP contribution in [-0.2, 0) is 11.3 Å². The van der Waals surface area contributed by atoms with Crippen molar-refractivity contribution in [2.24, 2.45) is 0 Å². The summed E-state index contributed by atoms with van der Waals surface area (Å²) in [5.74, 6) is 0.777. The van der Waals surface area contributed by atoms with Gasteiger partial charge in [-0.3, -0.25) is 4.90 Å². The van der Waals surface area contributed by atoms with Gasteiger partial charge in [0.1, 0.15) is 5.75 Å². The third-order valence-corrected chi connectivity index (χ3v) is 5.97. The lowest BCUT2D eigenvalue weighted by atomic mass is 10.1. The highest BCUT2D eigenvalue weighted by Crippen LogP contribution is 2.33. The maximum absolute atomic E-state index is 6.01. The Kier molecular flexibility index (Phi) is 4.27. The molecule has 0 saturated carbocycles. The monoisotopic (exact) mass is 380 g/mol. The van der Waals surface area contributed by atoms with E-state index in [1.165, 1.54) is 27.8 Å². The SMILES string of the molecule is Cc1ccnc2nc(Oc3ccc4c(CN5CCOCC5)c[nH]c4c3)sc12. The number of pyridine rings is 1. The fourth-order valence-corrected chi connectivity index (χ4v) is 4.30. The highest BCUT2D eigenvalue weighted by atomic mass is 32.1. The number of aryl methyl sites for hydroxylation is 1. The summed E-state index contributed by atoms with van der Waals surface area (Å²) >= 11 is 1.53. The van der Waals surface area contributed by atoms with Gasteiger partial charge in [0.2, 0.25) is 0 Å². The van der Waals surface area contributed by atoms with Crippen molar-refractivity contribution in [2.75, 3.05) is 26.3 Å². The van der Waals surface area contributed by atoms with Gasteiger partial charge in [0.05, 0.1) is 17.9 Å². The van der Waals surface area contributed by atoms with Gasteiger partial charge in [-0.25, -0.2) is 4.98 Å². The van der Waals surface area contributed by atoms with E-state index in [1.807, 2.05) is 18.2 Å². The Bertz CT molecular complexity index is 1100. The van der Waals surface area contributed by atoms with E-state index in [0.29, 0.717) is 5.19 Å². The molecule has 0 aliphatic carbocycles. The molecule has 1 aliphatic rings. The molecule has 0 radical (unpaired) electrons. The van der Waals surface area contributed by atoms with E-state index >= 15 is 0 Å². The maximum atomic E-state index is 6.01. The molecule has 0 unspecified atom stereocenters. The first kappa shape index (κ1) is 16.7. The Balaban J connectivity index is 1.38. The molecule has 0 bridgehead atoms. The van der Waals surface area contributed by atoms with Crippen molar-refractivity contribution in [1.82, 2.24) is 19.9 Å². The maximum Gasteiger partial charge on any atom is 0.281 e. The van der Waals surface area contributed by atoms with Crippen LogP contribution in [0, 0.1) is 6.92 Å². The van der Waals surface area contributed by atoms with Gasteiger partial charge in [-0.05, 0) is 36.2 Å². The molecule has 3 aromatic heterocycles. The van der Waals surface area contributed by atoms with Crippen LogP contribution in [0.3, 0.4) is 0 Å². The number of H-pyrrole nitrogens is 1. The van der Waals surface area contributed by atoms with Crippen molar-refractivity contribution in [3.05, 3.63) is 47.8 Å². The lowest BCUT2D eigenvalue weighted by molar-refractivity contribution is 0.0343. The minimum atomic E-state index is 0.617. The number of morpholine rings is 1. The van der Waals surface area contributed by atoms with E-state index in [-0.39, 0.29) is 0 Å².